The van der Waals surface area contributed by atoms with Gasteiger partial charge in [0, 0.05) is 24.2 Å². The molecule has 2 rings (SSSR count). The van der Waals surface area contributed by atoms with Gasteiger partial charge in [0.15, 0.2) is 11.4 Å². The predicted molar refractivity (Wildman–Crippen MR) is 79.5 cm³/mol. The molecule has 1 aromatic heterocycles. The van der Waals surface area contributed by atoms with E-state index in [4.69, 9.17) is 21.6 Å². The molecule has 0 aromatic carbocycles. The summed E-state index contributed by atoms with van der Waals surface area (Å²) in [6.07, 6.45) is 2.52. The van der Waals surface area contributed by atoms with Crippen LogP contribution in [-0.4, -0.2) is 24.7 Å². The van der Waals surface area contributed by atoms with Crippen LogP contribution >= 0.6 is 36.4 Å². The van der Waals surface area contributed by atoms with Crippen molar-refractivity contribution < 1.29 is 4.74 Å². The van der Waals surface area contributed by atoms with E-state index >= 15 is 0 Å². The minimum absolute atomic E-state index is 0. The van der Waals surface area contributed by atoms with Gasteiger partial charge in [-0.3, -0.25) is 0 Å². The first kappa shape index (κ1) is 18.3. The number of nitrogens with one attached hydrogen (secondary N) is 1. The molecule has 0 radical (unpaired) electrons. The Kier molecular flexibility index (Phi) is 7.46. The molecular weight excluding hydrogens is 309 g/mol. The van der Waals surface area contributed by atoms with Crippen LogP contribution in [0.3, 0.4) is 0 Å². The van der Waals surface area contributed by atoms with Crippen LogP contribution in [0, 0.1) is 16.7 Å². The second-order valence-corrected chi connectivity index (χ2v) is 5.07. The predicted octanol–water partition coefficient (Wildman–Crippen LogP) is 2.83. The number of nitrogens with zero attached hydrogens (tertiary/aromatic N) is 2. The normalized spacial score (nSPS) is 20.9. The molecule has 1 fully saturated rings. The van der Waals surface area contributed by atoms with Gasteiger partial charge in [-0.05, 0) is 13.0 Å². The van der Waals surface area contributed by atoms with Crippen LogP contribution in [0.15, 0.2) is 12.3 Å². The number of nitriles is 1. The number of halogens is 3. The van der Waals surface area contributed by atoms with E-state index in [-0.39, 0.29) is 35.9 Å². The summed E-state index contributed by atoms with van der Waals surface area (Å²) >= 11 is 5.84. The third kappa shape index (κ3) is 4.70. The highest BCUT2D eigenvalue weighted by Gasteiger charge is 2.29. The lowest BCUT2D eigenvalue weighted by molar-refractivity contribution is 0.180. The van der Waals surface area contributed by atoms with Gasteiger partial charge in [-0.15, -0.1) is 24.8 Å². The molecule has 1 aliphatic rings. The number of ether oxygens (including phenoxy) is 1. The van der Waals surface area contributed by atoms with Gasteiger partial charge < -0.3 is 10.1 Å². The number of rotatable bonds is 3. The molecule has 1 unspecified atom stereocenters. The zero-order chi connectivity index (χ0) is 12.3. The van der Waals surface area contributed by atoms with E-state index in [9.17, 15) is 0 Å². The molecule has 7 heteroatoms. The molecule has 0 spiro atoms. The van der Waals surface area contributed by atoms with Crippen molar-refractivity contribution in [3.05, 3.63) is 23.0 Å². The Balaban J connectivity index is 0.00000162. The smallest absolute Gasteiger partial charge is 0.182 e. The lowest BCUT2D eigenvalue weighted by Crippen LogP contribution is -2.27. The Labute approximate surface area is 130 Å². The second kappa shape index (κ2) is 7.76. The molecular formula is C12H16Cl3N3O. The zero-order valence-electron chi connectivity index (χ0n) is 10.5. The van der Waals surface area contributed by atoms with Crippen molar-refractivity contribution in [3.63, 3.8) is 0 Å². The van der Waals surface area contributed by atoms with E-state index in [0.29, 0.717) is 17.4 Å². The summed E-state index contributed by atoms with van der Waals surface area (Å²) in [4.78, 5) is 3.93. The summed E-state index contributed by atoms with van der Waals surface area (Å²) in [5.41, 5.74) is 0.402. The molecule has 1 atom stereocenters. The number of pyridine rings is 1. The van der Waals surface area contributed by atoms with Crippen molar-refractivity contribution in [1.82, 2.24) is 10.3 Å². The van der Waals surface area contributed by atoms with Gasteiger partial charge in [0.1, 0.15) is 6.07 Å². The Hall–Kier alpha value is -0.730. The minimum atomic E-state index is 0. The first-order valence-electron chi connectivity index (χ1n) is 5.52. The molecule has 1 saturated heterocycles. The zero-order valence-corrected chi connectivity index (χ0v) is 12.9. The summed E-state index contributed by atoms with van der Waals surface area (Å²) in [5.74, 6) is 0.466. The van der Waals surface area contributed by atoms with E-state index in [2.05, 4.69) is 17.2 Å². The highest BCUT2D eigenvalue weighted by molar-refractivity contribution is 6.30. The Morgan fingerprint density at radius 1 is 1.58 bits per heavy atom. The van der Waals surface area contributed by atoms with Crippen LogP contribution in [0.2, 0.25) is 5.02 Å². The van der Waals surface area contributed by atoms with Gasteiger partial charge in [-0.25, -0.2) is 4.98 Å². The van der Waals surface area contributed by atoms with E-state index in [1.165, 1.54) is 6.20 Å². The highest BCUT2D eigenvalue weighted by Crippen LogP contribution is 2.27. The van der Waals surface area contributed by atoms with Gasteiger partial charge in [0.2, 0.25) is 0 Å². The Bertz CT molecular complexity index is 456. The fraction of sp³-hybridized carbons (Fsp3) is 0.500. The van der Waals surface area contributed by atoms with Crippen LogP contribution in [0.4, 0.5) is 0 Å². The van der Waals surface area contributed by atoms with Crippen molar-refractivity contribution in [1.29, 1.82) is 5.26 Å². The van der Waals surface area contributed by atoms with Gasteiger partial charge >= 0.3 is 0 Å². The Morgan fingerprint density at radius 2 is 2.32 bits per heavy atom. The maximum atomic E-state index is 8.92. The molecule has 2 heterocycles. The summed E-state index contributed by atoms with van der Waals surface area (Å²) in [5, 5.41) is 12.7. The van der Waals surface area contributed by atoms with Crippen LogP contribution in [0.1, 0.15) is 19.0 Å². The third-order valence-corrected chi connectivity index (χ3v) is 3.17. The first-order valence-corrected chi connectivity index (χ1v) is 5.90. The first-order chi connectivity index (χ1) is 8.13. The maximum absolute atomic E-state index is 8.92. The molecule has 106 valence electrons. The van der Waals surface area contributed by atoms with E-state index in [1.54, 1.807) is 6.07 Å². The summed E-state index contributed by atoms with van der Waals surface area (Å²) < 4.78 is 5.69. The average Bonchev–Trinajstić information content (AvgIpc) is 2.74. The molecule has 4 nitrogen and oxygen atoms in total. The quantitative estimate of drug-likeness (QED) is 0.929. The fourth-order valence-corrected chi connectivity index (χ4v) is 2.01. The van der Waals surface area contributed by atoms with Crippen LogP contribution in [-0.2, 0) is 0 Å². The summed E-state index contributed by atoms with van der Waals surface area (Å²) in [6.45, 7) is 4.68. The van der Waals surface area contributed by atoms with Gasteiger partial charge in [0.05, 0.1) is 11.6 Å². The van der Waals surface area contributed by atoms with Crippen molar-refractivity contribution in [2.45, 2.75) is 13.3 Å². The van der Waals surface area contributed by atoms with Crippen LogP contribution < -0.4 is 10.1 Å². The topological polar surface area (TPSA) is 57.9 Å². The Morgan fingerprint density at radius 3 is 2.89 bits per heavy atom. The number of hydrogen-bond donors (Lipinski definition) is 1. The molecule has 0 bridgehead atoms. The van der Waals surface area contributed by atoms with Crippen molar-refractivity contribution in [3.8, 4) is 11.8 Å². The largest absolute Gasteiger partial charge is 0.490 e. The van der Waals surface area contributed by atoms with E-state index in [0.717, 1.165) is 19.5 Å². The van der Waals surface area contributed by atoms with Crippen molar-refractivity contribution >= 4 is 36.4 Å². The third-order valence-electron chi connectivity index (χ3n) is 2.96. The van der Waals surface area contributed by atoms with E-state index in [1.807, 2.05) is 6.07 Å². The second-order valence-electron chi connectivity index (χ2n) is 4.64. The standard InChI is InChI=1S/C12H14ClN3O.2ClH/c1-12(2-3-15-7-12)8-17-11-4-9(13)6-16-10(11)5-14;;/h4,6,15H,2-3,7-8H2,1H3;2*1H. The molecule has 1 aliphatic heterocycles. The van der Waals surface area contributed by atoms with Gasteiger partial charge in [-0.1, -0.05) is 18.5 Å². The monoisotopic (exact) mass is 323 g/mol. The van der Waals surface area contributed by atoms with Crippen molar-refractivity contribution in [2.75, 3.05) is 19.7 Å². The fourth-order valence-electron chi connectivity index (χ4n) is 1.86. The molecule has 1 N–H and O–H groups in total. The minimum Gasteiger partial charge on any atom is -0.490 e. The van der Waals surface area contributed by atoms with E-state index < -0.39 is 0 Å². The summed E-state index contributed by atoms with van der Waals surface area (Å²) in [6, 6.07) is 3.64. The lowest BCUT2D eigenvalue weighted by Gasteiger charge is -2.22. The SMILES string of the molecule is CC1(COc2cc(Cl)cnc2C#N)CCNC1.Cl.Cl. The molecule has 19 heavy (non-hydrogen) atoms. The highest BCUT2D eigenvalue weighted by atomic mass is 35.5. The molecule has 0 aliphatic carbocycles. The molecule has 0 saturated carbocycles. The van der Waals surface area contributed by atoms with Crippen molar-refractivity contribution in [2.24, 2.45) is 5.41 Å². The van der Waals surface area contributed by atoms with Crippen LogP contribution in [0.5, 0.6) is 5.75 Å². The average molecular weight is 325 g/mol. The van der Waals surface area contributed by atoms with Gasteiger partial charge in [-0.2, -0.15) is 5.26 Å². The summed E-state index contributed by atoms with van der Waals surface area (Å²) in [7, 11) is 0. The number of hydrogen-bond acceptors (Lipinski definition) is 4. The molecule has 1 aromatic rings. The maximum Gasteiger partial charge on any atom is 0.182 e. The number of aromatic nitrogens is 1. The molecule has 0 amide bonds. The van der Waals surface area contributed by atoms with Gasteiger partial charge in [0.25, 0.3) is 0 Å². The van der Waals surface area contributed by atoms with Crippen LogP contribution in [0.25, 0.3) is 0 Å². The lowest BCUT2D eigenvalue weighted by atomic mass is 9.91.